The highest BCUT2D eigenvalue weighted by atomic mass is 127. The van der Waals surface area contributed by atoms with E-state index in [4.69, 9.17) is 4.74 Å². The zero-order valence-corrected chi connectivity index (χ0v) is 18.3. The van der Waals surface area contributed by atoms with Crippen LogP contribution < -0.4 is 15.4 Å². The van der Waals surface area contributed by atoms with Gasteiger partial charge in [0, 0.05) is 20.1 Å². The second kappa shape index (κ2) is 12.3. The van der Waals surface area contributed by atoms with Crippen molar-refractivity contribution in [3.63, 3.8) is 0 Å². The minimum absolute atomic E-state index is 0. The van der Waals surface area contributed by atoms with Crippen LogP contribution in [0.5, 0.6) is 5.75 Å². The number of halogens is 2. The van der Waals surface area contributed by atoms with E-state index in [2.05, 4.69) is 27.4 Å². The van der Waals surface area contributed by atoms with Crippen LogP contribution in [0, 0.1) is 11.7 Å². The molecule has 26 heavy (non-hydrogen) atoms. The first-order valence-corrected chi connectivity index (χ1v) is 9.19. The number of ether oxygens (including phenoxy) is 1. The average molecular weight is 478 g/mol. The van der Waals surface area contributed by atoms with Crippen molar-refractivity contribution in [1.29, 1.82) is 0 Å². The van der Waals surface area contributed by atoms with Crippen LogP contribution >= 0.6 is 24.0 Å². The molecule has 148 valence electrons. The van der Waals surface area contributed by atoms with Gasteiger partial charge in [-0.1, -0.05) is 6.92 Å². The molecule has 1 heterocycles. The topological polar surface area (TPSA) is 48.9 Å². The van der Waals surface area contributed by atoms with Gasteiger partial charge in [0.05, 0.1) is 6.54 Å². The number of nitrogens with zero attached hydrogens (tertiary/aromatic N) is 2. The van der Waals surface area contributed by atoms with Gasteiger partial charge in [-0.3, -0.25) is 4.99 Å². The molecule has 1 aromatic rings. The van der Waals surface area contributed by atoms with Crippen molar-refractivity contribution >= 4 is 29.9 Å². The van der Waals surface area contributed by atoms with E-state index in [1.54, 1.807) is 19.2 Å². The van der Waals surface area contributed by atoms with Gasteiger partial charge in [0.25, 0.3) is 0 Å². The fraction of sp³-hybridized carbons (Fsp3) is 0.632. The second-order valence-electron chi connectivity index (χ2n) is 6.67. The number of hydrogen-bond donors (Lipinski definition) is 2. The maximum atomic E-state index is 12.9. The third-order valence-corrected chi connectivity index (χ3v) is 4.40. The standard InChI is InChI=1S/C19H31FN4O.HI/c1-4-10-24-11-9-16(14-24)13-23-19(21-3)22-12-15(2)25-18-7-5-17(20)6-8-18;/h5-8,15-16H,4,9-14H2,1-3H3,(H2,21,22,23);1H. The summed E-state index contributed by atoms with van der Waals surface area (Å²) in [6.45, 7) is 9.34. The van der Waals surface area contributed by atoms with E-state index in [1.807, 2.05) is 6.92 Å². The van der Waals surface area contributed by atoms with Crippen LogP contribution in [0.2, 0.25) is 0 Å². The molecule has 1 saturated heterocycles. The molecule has 1 aliphatic heterocycles. The quantitative estimate of drug-likeness (QED) is 0.343. The third kappa shape index (κ3) is 8.07. The van der Waals surface area contributed by atoms with Crippen LogP contribution in [0.25, 0.3) is 0 Å². The van der Waals surface area contributed by atoms with Crippen molar-refractivity contribution in [1.82, 2.24) is 15.5 Å². The number of aliphatic imine (C=N–C) groups is 1. The zero-order valence-electron chi connectivity index (χ0n) is 16.0. The van der Waals surface area contributed by atoms with Gasteiger partial charge < -0.3 is 20.3 Å². The molecule has 2 N–H and O–H groups in total. The molecule has 2 unspecified atom stereocenters. The van der Waals surface area contributed by atoms with E-state index in [1.165, 1.54) is 44.6 Å². The highest BCUT2D eigenvalue weighted by Crippen LogP contribution is 2.15. The Balaban J connectivity index is 0.00000338. The fourth-order valence-corrected chi connectivity index (χ4v) is 3.09. The maximum absolute atomic E-state index is 12.9. The summed E-state index contributed by atoms with van der Waals surface area (Å²) in [5, 5.41) is 6.70. The summed E-state index contributed by atoms with van der Waals surface area (Å²) in [5.41, 5.74) is 0. The first-order valence-electron chi connectivity index (χ1n) is 9.19. The molecule has 5 nitrogen and oxygen atoms in total. The lowest BCUT2D eigenvalue weighted by molar-refractivity contribution is 0.223. The van der Waals surface area contributed by atoms with Gasteiger partial charge in [0.1, 0.15) is 17.7 Å². The normalized spacial score (nSPS) is 18.9. The lowest BCUT2D eigenvalue weighted by Gasteiger charge is -2.19. The van der Waals surface area contributed by atoms with Crippen LogP contribution in [-0.4, -0.2) is 56.7 Å². The maximum Gasteiger partial charge on any atom is 0.191 e. The van der Waals surface area contributed by atoms with Crippen LogP contribution in [0.15, 0.2) is 29.3 Å². The number of likely N-dealkylation sites (tertiary alicyclic amines) is 1. The Morgan fingerprint density at radius 3 is 2.73 bits per heavy atom. The Bertz CT molecular complexity index is 541. The summed E-state index contributed by atoms with van der Waals surface area (Å²) in [6, 6.07) is 6.08. The Hall–Kier alpha value is -1.09. The smallest absolute Gasteiger partial charge is 0.191 e. The number of hydrogen-bond acceptors (Lipinski definition) is 3. The highest BCUT2D eigenvalue weighted by molar-refractivity contribution is 14.0. The van der Waals surface area contributed by atoms with Gasteiger partial charge in [-0.15, -0.1) is 24.0 Å². The Morgan fingerprint density at radius 2 is 2.08 bits per heavy atom. The number of guanidine groups is 1. The van der Waals surface area contributed by atoms with Crippen molar-refractivity contribution in [2.75, 3.05) is 39.8 Å². The summed E-state index contributed by atoms with van der Waals surface area (Å²) in [6.07, 6.45) is 2.42. The van der Waals surface area contributed by atoms with Crippen LogP contribution in [0.4, 0.5) is 4.39 Å². The molecule has 0 aliphatic carbocycles. The Kier molecular flexibility index (Phi) is 10.9. The first-order chi connectivity index (χ1) is 12.1. The molecule has 0 saturated carbocycles. The summed E-state index contributed by atoms with van der Waals surface area (Å²) in [7, 11) is 1.78. The highest BCUT2D eigenvalue weighted by Gasteiger charge is 2.21. The van der Waals surface area contributed by atoms with Gasteiger partial charge in [-0.05, 0) is 63.0 Å². The van der Waals surface area contributed by atoms with Crippen LogP contribution in [-0.2, 0) is 0 Å². The van der Waals surface area contributed by atoms with E-state index < -0.39 is 0 Å². The van der Waals surface area contributed by atoms with Gasteiger partial charge in [0.15, 0.2) is 5.96 Å². The molecular formula is C19H32FIN4O. The van der Waals surface area contributed by atoms with E-state index in [0.717, 1.165) is 12.5 Å². The Morgan fingerprint density at radius 1 is 1.35 bits per heavy atom. The monoisotopic (exact) mass is 478 g/mol. The van der Waals surface area contributed by atoms with E-state index in [0.29, 0.717) is 18.2 Å². The molecule has 0 aromatic heterocycles. The number of rotatable bonds is 8. The molecule has 1 aliphatic rings. The molecular weight excluding hydrogens is 446 g/mol. The minimum atomic E-state index is -0.257. The first kappa shape index (κ1) is 23.0. The molecule has 0 spiro atoms. The predicted molar refractivity (Wildman–Crippen MR) is 116 cm³/mol. The molecule has 0 bridgehead atoms. The molecule has 0 radical (unpaired) electrons. The van der Waals surface area contributed by atoms with E-state index in [9.17, 15) is 4.39 Å². The fourth-order valence-electron chi connectivity index (χ4n) is 3.09. The largest absolute Gasteiger partial charge is 0.489 e. The third-order valence-electron chi connectivity index (χ3n) is 4.40. The second-order valence-corrected chi connectivity index (χ2v) is 6.67. The van der Waals surface area contributed by atoms with Gasteiger partial charge in [-0.25, -0.2) is 4.39 Å². The molecule has 0 amide bonds. The van der Waals surface area contributed by atoms with Crippen molar-refractivity contribution in [2.45, 2.75) is 32.8 Å². The van der Waals surface area contributed by atoms with Crippen molar-refractivity contribution < 1.29 is 9.13 Å². The van der Waals surface area contributed by atoms with Crippen LogP contribution in [0.3, 0.4) is 0 Å². The molecule has 7 heteroatoms. The minimum Gasteiger partial charge on any atom is -0.489 e. The lowest BCUT2D eigenvalue weighted by Crippen LogP contribution is -2.43. The average Bonchev–Trinajstić information content (AvgIpc) is 3.05. The van der Waals surface area contributed by atoms with Crippen molar-refractivity contribution in [2.24, 2.45) is 10.9 Å². The SMILES string of the molecule is CCCN1CCC(CNC(=NC)NCC(C)Oc2ccc(F)cc2)C1.I. The molecule has 1 aromatic carbocycles. The zero-order chi connectivity index (χ0) is 18.1. The summed E-state index contributed by atoms with van der Waals surface area (Å²) < 4.78 is 18.7. The van der Waals surface area contributed by atoms with Gasteiger partial charge >= 0.3 is 0 Å². The summed E-state index contributed by atoms with van der Waals surface area (Å²) >= 11 is 0. The van der Waals surface area contributed by atoms with Gasteiger partial charge in [-0.2, -0.15) is 0 Å². The van der Waals surface area contributed by atoms with Crippen molar-refractivity contribution in [3.05, 3.63) is 30.1 Å². The molecule has 1 fully saturated rings. The summed E-state index contributed by atoms with van der Waals surface area (Å²) in [4.78, 5) is 6.80. The van der Waals surface area contributed by atoms with Gasteiger partial charge in [0.2, 0.25) is 0 Å². The predicted octanol–water partition coefficient (Wildman–Crippen LogP) is 3.11. The van der Waals surface area contributed by atoms with E-state index in [-0.39, 0.29) is 35.9 Å². The summed E-state index contributed by atoms with van der Waals surface area (Å²) in [5.74, 6) is 1.88. The number of benzene rings is 1. The molecule has 2 rings (SSSR count). The van der Waals surface area contributed by atoms with E-state index >= 15 is 0 Å². The van der Waals surface area contributed by atoms with Crippen LogP contribution in [0.1, 0.15) is 26.7 Å². The molecule has 2 atom stereocenters. The lowest BCUT2D eigenvalue weighted by atomic mass is 10.1. The number of nitrogens with one attached hydrogen (secondary N) is 2. The van der Waals surface area contributed by atoms with Crippen molar-refractivity contribution in [3.8, 4) is 5.75 Å². The Labute approximate surface area is 173 Å².